The predicted octanol–water partition coefficient (Wildman–Crippen LogP) is 3.18. The molecule has 0 aliphatic carbocycles. The molecule has 2 rings (SSSR count). The Bertz CT molecular complexity index is 869. The Labute approximate surface area is 165 Å². The molecule has 0 heterocycles. The van der Waals surface area contributed by atoms with E-state index in [1.54, 1.807) is 17.0 Å². The fourth-order valence-electron chi connectivity index (χ4n) is 2.46. The van der Waals surface area contributed by atoms with E-state index in [0.717, 1.165) is 0 Å². The molecule has 146 valence electrons. The van der Waals surface area contributed by atoms with Crippen molar-refractivity contribution in [2.45, 2.75) is 18.7 Å². The number of ether oxygens (including phenoxy) is 1. The summed E-state index contributed by atoms with van der Waals surface area (Å²) in [5, 5.41) is 0.221. The Hall–Kier alpha value is -2.09. The number of rotatable bonds is 9. The average Bonchev–Trinajstić information content (AvgIpc) is 2.67. The van der Waals surface area contributed by atoms with Gasteiger partial charge in [-0.2, -0.15) is 0 Å². The van der Waals surface area contributed by atoms with Gasteiger partial charge in [0.2, 0.25) is 10.0 Å². The number of para-hydroxylation sites is 1. The number of hydrogen-bond acceptors (Lipinski definition) is 4. The molecule has 0 aliphatic heterocycles. The SMILES string of the molecule is CCN(CC)C(=O)c1cc(S(=O)(=O)NCCOc2ccccc2)ccc1Cl. The minimum atomic E-state index is -3.79. The zero-order chi connectivity index (χ0) is 19.9. The van der Waals surface area contributed by atoms with Crippen molar-refractivity contribution in [1.82, 2.24) is 9.62 Å². The number of carbonyl (C=O) groups is 1. The van der Waals surface area contributed by atoms with Gasteiger partial charge >= 0.3 is 0 Å². The van der Waals surface area contributed by atoms with Crippen LogP contribution in [0, 0.1) is 0 Å². The van der Waals surface area contributed by atoms with Gasteiger partial charge in [-0.3, -0.25) is 4.79 Å². The smallest absolute Gasteiger partial charge is 0.255 e. The molecule has 0 saturated carbocycles. The summed E-state index contributed by atoms with van der Waals surface area (Å²) in [6, 6.07) is 13.2. The van der Waals surface area contributed by atoms with E-state index >= 15 is 0 Å². The summed E-state index contributed by atoms with van der Waals surface area (Å²) in [5.41, 5.74) is 0.170. The van der Waals surface area contributed by atoms with Crippen molar-refractivity contribution in [2.75, 3.05) is 26.2 Å². The highest BCUT2D eigenvalue weighted by Crippen LogP contribution is 2.22. The maximum absolute atomic E-state index is 12.5. The van der Waals surface area contributed by atoms with E-state index in [1.165, 1.54) is 18.2 Å². The van der Waals surface area contributed by atoms with Gasteiger partial charge < -0.3 is 9.64 Å². The molecule has 8 heteroatoms. The molecular weight excluding hydrogens is 388 g/mol. The van der Waals surface area contributed by atoms with Crippen LogP contribution < -0.4 is 9.46 Å². The molecule has 1 N–H and O–H groups in total. The quantitative estimate of drug-likeness (QED) is 0.644. The van der Waals surface area contributed by atoms with E-state index in [1.807, 2.05) is 32.0 Å². The second-order valence-electron chi connectivity index (χ2n) is 5.68. The Kier molecular flexibility index (Phi) is 7.65. The Morgan fingerprint density at radius 1 is 1.11 bits per heavy atom. The van der Waals surface area contributed by atoms with Gasteiger partial charge in [0.1, 0.15) is 12.4 Å². The Morgan fingerprint density at radius 3 is 2.41 bits per heavy atom. The number of nitrogens with zero attached hydrogens (tertiary/aromatic N) is 1. The molecule has 2 aromatic rings. The Balaban J connectivity index is 2.07. The van der Waals surface area contributed by atoms with E-state index in [9.17, 15) is 13.2 Å². The lowest BCUT2D eigenvalue weighted by molar-refractivity contribution is 0.0773. The van der Waals surface area contributed by atoms with Crippen LogP contribution in [0.4, 0.5) is 0 Å². The van der Waals surface area contributed by atoms with E-state index < -0.39 is 10.0 Å². The van der Waals surface area contributed by atoms with Crippen molar-refractivity contribution in [2.24, 2.45) is 0 Å². The van der Waals surface area contributed by atoms with Crippen LogP contribution >= 0.6 is 11.6 Å². The van der Waals surface area contributed by atoms with Gasteiger partial charge in [0, 0.05) is 19.6 Å². The summed E-state index contributed by atoms with van der Waals surface area (Å²) < 4.78 is 32.9. The van der Waals surface area contributed by atoms with Crippen molar-refractivity contribution in [3.05, 3.63) is 59.1 Å². The lowest BCUT2D eigenvalue weighted by atomic mass is 10.2. The zero-order valence-corrected chi connectivity index (χ0v) is 16.9. The first-order valence-electron chi connectivity index (χ1n) is 8.65. The van der Waals surface area contributed by atoms with Crippen LogP contribution in [0.5, 0.6) is 5.75 Å². The minimum absolute atomic E-state index is 0.0119. The molecule has 0 unspecified atom stereocenters. The molecule has 0 bridgehead atoms. The molecule has 0 atom stereocenters. The first kappa shape index (κ1) is 21.2. The topological polar surface area (TPSA) is 75.7 Å². The number of hydrogen-bond donors (Lipinski definition) is 1. The highest BCUT2D eigenvalue weighted by Gasteiger charge is 2.21. The number of carbonyl (C=O) groups excluding carboxylic acids is 1. The number of benzene rings is 2. The van der Waals surface area contributed by atoms with Crippen LogP contribution in [0.1, 0.15) is 24.2 Å². The van der Waals surface area contributed by atoms with Crippen LogP contribution in [-0.2, 0) is 10.0 Å². The van der Waals surface area contributed by atoms with Crippen molar-refractivity contribution < 1.29 is 17.9 Å². The van der Waals surface area contributed by atoms with Crippen LogP contribution in [0.2, 0.25) is 5.02 Å². The number of halogens is 1. The lowest BCUT2D eigenvalue weighted by Gasteiger charge is -2.19. The van der Waals surface area contributed by atoms with Gasteiger partial charge in [-0.1, -0.05) is 29.8 Å². The first-order valence-corrected chi connectivity index (χ1v) is 10.5. The normalized spacial score (nSPS) is 11.2. The predicted molar refractivity (Wildman–Crippen MR) is 106 cm³/mol. The minimum Gasteiger partial charge on any atom is -0.492 e. The fourth-order valence-corrected chi connectivity index (χ4v) is 3.70. The van der Waals surface area contributed by atoms with Crippen molar-refractivity contribution in [1.29, 1.82) is 0 Å². The monoisotopic (exact) mass is 410 g/mol. The molecular formula is C19H23ClN2O4S. The van der Waals surface area contributed by atoms with E-state index in [4.69, 9.17) is 16.3 Å². The molecule has 6 nitrogen and oxygen atoms in total. The Morgan fingerprint density at radius 2 is 1.78 bits per heavy atom. The van der Waals surface area contributed by atoms with E-state index in [-0.39, 0.29) is 34.5 Å². The van der Waals surface area contributed by atoms with Crippen LogP contribution in [0.15, 0.2) is 53.4 Å². The second kappa shape index (κ2) is 9.73. The van der Waals surface area contributed by atoms with E-state index in [0.29, 0.717) is 18.8 Å². The van der Waals surface area contributed by atoms with Gasteiger partial charge in [0.15, 0.2) is 0 Å². The molecule has 2 aromatic carbocycles. The summed E-state index contributed by atoms with van der Waals surface area (Å²) in [5.74, 6) is 0.366. The number of amides is 1. The summed E-state index contributed by atoms with van der Waals surface area (Å²) in [6.07, 6.45) is 0. The van der Waals surface area contributed by atoms with Gasteiger partial charge in [-0.05, 0) is 44.2 Å². The maximum Gasteiger partial charge on any atom is 0.255 e. The fraction of sp³-hybridized carbons (Fsp3) is 0.316. The third kappa shape index (κ3) is 5.69. The molecule has 0 saturated heterocycles. The number of nitrogens with one attached hydrogen (secondary N) is 1. The third-order valence-corrected chi connectivity index (χ3v) is 5.72. The molecule has 0 aliphatic rings. The summed E-state index contributed by atoms with van der Waals surface area (Å²) in [6.45, 7) is 5.01. The van der Waals surface area contributed by atoms with Crippen LogP contribution in [0.25, 0.3) is 0 Å². The van der Waals surface area contributed by atoms with E-state index in [2.05, 4.69) is 4.72 Å². The van der Waals surface area contributed by atoms with Crippen molar-refractivity contribution in [3.8, 4) is 5.75 Å². The van der Waals surface area contributed by atoms with Gasteiger partial charge in [-0.25, -0.2) is 13.1 Å². The summed E-state index contributed by atoms with van der Waals surface area (Å²) in [4.78, 5) is 14.1. The van der Waals surface area contributed by atoms with Crippen LogP contribution in [0.3, 0.4) is 0 Å². The molecule has 0 fully saturated rings. The van der Waals surface area contributed by atoms with Gasteiger partial charge in [0.05, 0.1) is 15.5 Å². The lowest BCUT2D eigenvalue weighted by Crippen LogP contribution is -2.31. The maximum atomic E-state index is 12.5. The van der Waals surface area contributed by atoms with Gasteiger partial charge in [-0.15, -0.1) is 0 Å². The van der Waals surface area contributed by atoms with Crippen LogP contribution in [-0.4, -0.2) is 45.5 Å². The van der Waals surface area contributed by atoms with Crippen molar-refractivity contribution >= 4 is 27.5 Å². The second-order valence-corrected chi connectivity index (χ2v) is 7.85. The summed E-state index contributed by atoms with van der Waals surface area (Å²) >= 11 is 6.11. The molecule has 27 heavy (non-hydrogen) atoms. The summed E-state index contributed by atoms with van der Waals surface area (Å²) in [7, 11) is -3.79. The third-order valence-electron chi connectivity index (χ3n) is 3.94. The molecule has 0 radical (unpaired) electrons. The molecule has 0 spiro atoms. The molecule has 1 amide bonds. The average molecular weight is 411 g/mol. The standard InChI is InChI=1S/C19H23ClN2O4S/c1-3-22(4-2)19(23)17-14-16(10-11-18(17)20)27(24,25)21-12-13-26-15-8-6-5-7-9-15/h5-11,14,21H,3-4,12-13H2,1-2H3. The largest absolute Gasteiger partial charge is 0.492 e. The first-order chi connectivity index (χ1) is 12.9. The van der Waals surface area contributed by atoms with Crippen molar-refractivity contribution in [3.63, 3.8) is 0 Å². The highest BCUT2D eigenvalue weighted by atomic mass is 35.5. The highest BCUT2D eigenvalue weighted by molar-refractivity contribution is 7.89. The van der Waals surface area contributed by atoms with Gasteiger partial charge in [0.25, 0.3) is 5.91 Å². The zero-order valence-electron chi connectivity index (χ0n) is 15.3. The molecule has 0 aromatic heterocycles. The number of sulfonamides is 1.